The molecular formula is C13H17FN2O3. The summed E-state index contributed by atoms with van der Waals surface area (Å²) in [7, 11) is 1.51. The minimum atomic E-state index is -1.35. The molecule has 0 radical (unpaired) electrons. The van der Waals surface area contributed by atoms with E-state index in [1.165, 1.54) is 37.9 Å². The highest BCUT2D eigenvalue weighted by atomic mass is 19.1. The van der Waals surface area contributed by atoms with E-state index in [1.807, 2.05) is 0 Å². The van der Waals surface area contributed by atoms with E-state index in [0.717, 1.165) is 0 Å². The highest BCUT2D eigenvalue weighted by molar-refractivity contribution is 5.85. The van der Waals surface area contributed by atoms with Crippen molar-refractivity contribution in [2.75, 3.05) is 7.05 Å². The molecule has 0 fully saturated rings. The normalized spacial score (nSPS) is 10.9. The predicted molar refractivity (Wildman–Crippen MR) is 68.1 cm³/mol. The Bertz CT molecular complexity index is 489. The number of aliphatic carboxylic acids is 1. The number of carboxylic acids is 1. The molecule has 5 nitrogen and oxygen atoms in total. The number of rotatable bonds is 4. The van der Waals surface area contributed by atoms with Gasteiger partial charge in [0.05, 0.1) is 0 Å². The summed E-state index contributed by atoms with van der Waals surface area (Å²) in [5.41, 5.74) is -0.724. The van der Waals surface area contributed by atoms with E-state index in [0.29, 0.717) is 5.56 Å². The first-order valence-electron chi connectivity index (χ1n) is 5.73. The average Bonchev–Trinajstić information content (AvgIpc) is 2.28. The van der Waals surface area contributed by atoms with Crippen LogP contribution < -0.4 is 5.32 Å². The summed E-state index contributed by atoms with van der Waals surface area (Å²) in [6.07, 6.45) is 0. The number of hydrogen-bond acceptors (Lipinski definition) is 2. The maximum Gasteiger partial charge on any atom is 0.328 e. The van der Waals surface area contributed by atoms with E-state index in [-0.39, 0.29) is 12.4 Å². The van der Waals surface area contributed by atoms with Crippen LogP contribution in [0.3, 0.4) is 0 Å². The van der Waals surface area contributed by atoms with E-state index in [1.54, 1.807) is 12.1 Å². The first-order valence-corrected chi connectivity index (χ1v) is 5.73. The Balaban J connectivity index is 2.66. The SMILES string of the molecule is CN(Cc1cccc(F)c1)C(=O)NC(C)(C)C(=O)O. The second-order valence-corrected chi connectivity index (χ2v) is 4.85. The van der Waals surface area contributed by atoms with Gasteiger partial charge in [-0.15, -0.1) is 0 Å². The van der Waals surface area contributed by atoms with Gasteiger partial charge in [-0.05, 0) is 31.5 Å². The topological polar surface area (TPSA) is 69.6 Å². The Hall–Kier alpha value is -2.11. The highest BCUT2D eigenvalue weighted by Gasteiger charge is 2.30. The Kier molecular flexibility index (Phi) is 4.47. The first kappa shape index (κ1) is 14.9. The minimum Gasteiger partial charge on any atom is -0.480 e. The molecule has 0 aliphatic carbocycles. The zero-order valence-electron chi connectivity index (χ0n) is 11.1. The molecular weight excluding hydrogens is 251 g/mol. The number of hydrogen-bond donors (Lipinski definition) is 2. The number of nitrogens with one attached hydrogen (secondary N) is 1. The number of halogens is 1. The molecule has 2 amide bonds. The third kappa shape index (κ3) is 4.24. The van der Waals surface area contributed by atoms with Gasteiger partial charge in [-0.2, -0.15) is 0 Å². The summed E-state index contributed by atoms with van der Waals surface area (Å²) < 4.78 is 13.0. The maximum atomic E-state index is 13.0. The van der Waals surface area contributed by atoms with E-state index in [9.17, 15) is 14.0 Å². The molecule has 104 valence electrons. The standard InChI is InChI=1S/C13H17FN2O3/c1-13(2,11(17)18)15-12(19)16(3)8-9-5-4-6-10(14)7-9/h4-7H,8H2,1-3H3,(H,15,19)(H,17,18). The zero-order chi connectivity index (χ0) is 14.6. The third-order valence-corrected chi connectivity index (χ3v) is 2.61. The lowest BCUT2D eigenvalue weighted by molar-refractivity contribution is -0.143. The van der Waals surface area contributed by atoms with E-state index < -0.39 is 17.5 Å². The fraction of sp³-hybridized carbons (Fsp3) is 0.385. The Morgan fingerprint density at radius 3 is 2.58 bits per heavy atom. The van der Waals surface area contributed by atoms with Crippen molar-refractivity contribution < 1.29 is 19.1 Å². The van der Waals surface area contributed by atoms with Gasteiger partial charge in [-0.25, -0.2) is 14.0 Å². The van der Waals surface area contributed by atoms with Crippen molar-refractivity contribution in [3.05, 3.63) is 35.6 Å². The van der Waals surface area contributed by atoms with E-state index >= 15 is 0 Å². The van der Waals surface area contributed by atoms with Gasteiger partial charge < -0.3 is 15.3 Å². The van der Waals surface area contributed by atoms with Crippen molar-refractivity contribution in [2.45, 2.75) is 25.9 Å². The quantitative estimate of drug-likeness (QED) is 0.875. The van der Waals surface area contributed by atoms with E-state index in [2.05, 4.69) is 5.32 Å². The summed E-state index contributed by atoms with van der Waals surface area (Å²) in [5, 5.41) is 11.3. The predicted octanol–water partition coefficient (Wildman–Crippen LogP) is 1.83. The molecule has 1 aromatic rings. The molecule has 1 rings (SSSR count). The second kappa shape index (κ2) is 5.69. The number of urea groups is 1. The molecule has 0 bridgehead atoms. The molecule has 0 aliphatic heterocycles. The molecule has 0 unspecified atom stereocenters. The molecule has 0 saturated carbocycles. The summed E-state index contributed by atoms with van der Waals surface area (Å²) in [6.45, 7) is 2.98. The number of benzene rings is 1. The molecule has 0 heterocycles. The molecule has 0 saturated heterocycles. The summed E-state index contributed by atoms with van der Waals surface area (Å²) in [4.78, 5) is 24.0. The molecule has 0 spiro atoms. The fourth-order valence-electron chi connectivity index (χ4n) is 1.40. The lowest BCUT2D eigenvalue weighted by Gasteiger charge is -2.25. The van der Waals surface area contributed by atoms with Crippen LogP contribution in [0.2, 0.25) is 0 Å². The van der Waals surface area contributed by atoms with Gasteiger partial charge in [0.2, 0.25) is 0 Å². The Labute approximate surface area is 111 Å². The summed E-state index contributed by atoms with van der Waals surface area (Å²) in [5.74, 6) is -1.50. The van der Waals surface area contributed by atoms with Crippen LogP contribution in [0.15, 0.2) is 24.3 Å². The molecule has 0 aliphatic rings. The molecule has 2 N–H and O–H groups in total. The summed E-state index contributed by atoms with van der Waals surface area (Å²) in [6, 6.07) is 5.35. The van der Waals surface area contributed by atoms with Crippen LogP contribution in [0.5, 0.6) is 0 Å². The van der Waals surface area contributed by atoms with Crippen LogP contribution in [-0.2, 0) is 11.3 Å². The third-order valence-electron chi connectivity index (χ3n) is 2.61. The van der Waals surface area contributed by atoms with Crippen LogP contribution in [0, 0.1) is 5.82 Å². The van der Waals surface area contributed by atoms with Crippen molar-refractivity contribution in [3.8, 4) is 0 Å². The second-order valence-electron chi connectivity index (χ2n) is 4.85. The lowest BCUT2D eigenvalue weighted by atomic mass is 10.1. The molecule has 1 aromatic carbocycles. The number of carboxylic acid groups (broad SMARTS) is 1. The van der Waals surface area contributed by atoms with Crippen molar-refractivity contribution in [2.24, 2.45) is 0 Å². The van der Waals surface area contributed by atoms with Gasteiger partial charge in [0.15, 0.2) is 0 Å². The monoisotopic (exact) mass is 268 g/mol. The lowest BCUT2D eigenvalue weighted by Crippen LogP contribution is -2.53. The number of nitrogens with zero attached hydrogens (tertiary/aromatic N) is 1. The maximum absolute atomic E-state index is 13.0. The number of carbonyl (C=O) groups excluding carboxylic acids is 1. The first-order chi connectivity index (χ1) is 8.72. The zero-order valence-corrected chi connectivity index (χ0v) is 11.1. The van der Waals surface area contributed by atoms with E-state index in [4.69, 9.17) is 5.11 Å². The van der Waals surface area contributed by atoms with Crippen LogP contribution in [0.25, 0.3) is 0 Å². The fourth-order valence-corrected chi connectivity index (χ4v) is 1.40. The van der Waals surface area contributed by atoms with Crippen LogP contribution in [-0.4, -0.2) is 34.6 Å². The van der Waals surface area contributed by atoms with Gasteiger partial charge in [0.1, 0.15) is 11.4 Å². The van der Waals surface area contributed by atoms with Crippen molar-refractivity contribution in [3.63, 3.8) is 0 Å². The van der Waals surface area contributed by atoms with Crippen LogP contribution in [0.1, 0.15) is 19.4 Å². The minimum absolute atomic E-state index is 0.194. The largest absolute Gasteiger partial charge is 0.480 e. The van der Waals surface area contributed by atoms with Gasteiger partial charge in [-0.1, -0.05) is 12.1 Å². The average molecular weight is 268 g/mol. The summed E-state index contributed by atoms with van der Waals surface area (Å²) >= 11 is 0. The van der Waals surface area contributed by atoms with Gasteiger partial charge in [0.25, 0.3) is 0 Å². The van der Waals surface area contributed by atoms with Crippen molar-refractivity contribution >= 4 is 12.0 Å². The molecule has 19 heavy (non-hydrogen) atoms. The van der Waals surface area contributed by atoms with Crippen LogP contribution >= 0.6 is 0 Å². The molecule has 0 aromatic heterocycles. The highest BCUT2D eigenvalue weighted by Crippen LogP contribution is 2.08. The number of amides is 2. The van der Waals surface area contributed by atoms with Crippen molar-refractivity contribution in [1.82, 2.24) is 10.2 Å². The number of carbonyl (C=O) groups is 2. The van der Waals surface area contributed by atoms with Gasteiger partial charge in [-0.3, -0.25) is 0 Å². The van der Waals surface area contributed by atoms with Gasteiger partial charge >= 0.3 is 12.0 Å². The Morgan fingerprint density at radius 1 is 1.42 bits per heavy atom. The van der Waals surface area contributed by atoms with Crippen LogP contribution in [0.4, 0.5) is 9.18 Å². The molecule has 6 heteroatoms. The smallest absolute Gasteiger partial charge is 0.328 e. The van der Waals surface area contributed by atoms with Crippen molar-refractivity contribution in [1.29, 1.82) is 0 Å². The molecule has 0 atom stereocenters. The Morgan fingerprint density at radius 2 is 2.05 bits per heavy atom. The van der Waals surface area contributed by atoms with Gasteiger partial charge in [0, 0.05) is 13.6 Å².